The van der Waals surface area contributed by atoms with Gasteiger partial charge in [0.05, 0.1) is 6.17 Å². The van der Waals surface area contributed by atoms with Crippen LogP contribution in [0.15, 0.2) is 0 Å². The zero-order valence-electron chi connectivity index (χ0n) is 6.39. The first-order valence-corrected chi connectivity index (χ1v) is 3.84. The van der Waals surface area contributed by atoms with E-state index < -0.39 is 6.17 Å². The van der Waals surface area contributed by atoms with Crippen LogP contribution in [0, 0.1) is 0 Å². The van der Waals surface area contributed by atoms with Gasteiger partial charge in [-0.1, -0.05) is 0 Å². The van der Waals surface area contributed by atoms with Gasteiger partial charge in [0.15, 0.2) is 0 Å². The van der Waals surface area contributed by atoms with Gasteiger partial charge in [-0.25, -0.2) is 4.39 Å². The number of halogens is 1. The van der Waals surface area contributed by atoms with Crippen LogP contribution in [0.25, 0.3) is 0 Å². The van der Waals surface area contributed by atoms with Crippen LogP contribution in [-0.4, -0.2) is 30.3 Å². The zero-order chi connectivity index (χ0) is 7.56. The Labute approximate surface area is 61.2 Å². The normalized spacial score (nSPS) is 26.7. The molecular weight excluding hydrogens is 131 g/mol. The molecule has 1 unspecified atom stereocenters. The maximum atomic E-state index is 12.6. The van der Waals surface area contributed by atoms with E-state index in [4.69, 9.17) is 5.73 Å². The van der Waals surface area contributed by atoms with E-state index in [2.05, 4.69) is 4.90 Å². The van der Waals surface area contributed by atoms with E-state index in [1.807, 2.05) is 6.92 Å². The summed E-state index contributed by atoms with van der Waals surface area (Å²) < 4.78 is 12.6. The van der Waals surface area contributed by atoms with Crippen LogP contribution in [-0.2, 0) is 0 Å². The second kappa shape index (κ2) is 3.30. The molecule has 1 saturated heterocycles. The van der Waals surface area contributed by atoms with Gasteiger partial charge in [0, 0.05) is 13.1 Å². The molecule has 0 aromatic rings. The Kier molecular flexibility index (Phi) is 2.63. The lowest BCUT2D eigenvalue weighted by Crippen LogP contribution is -2.44. The summed E-state index contributed by atoms with van der Waals surface area (Å²) in [6, 6.07) is 0. The number of alkyl halides is 1. The summed E-state index contributed by atoms with van der Waals surface area (Å²) in [6.45, 7) is 3.58. The molecule has 1 atom stereocenters. The van der Waals surface area contributed by atoms with Gasteiger partial charge in [0.1, 0.15) is 6.17 Å². The number of hydrogen-bond acceptors (Lipinski definition) is 2. The summed E-state index contributed by atoms with van der Waals surface area (Å²) in [6.07, 6.45) is 0.811. The van der Waals surface area contributed by atoms with Crippen molar-refractivity contribution >= 4 is 0 Å². The van der Waals surface area contributed by atoms with Crippen molar-refractivity contribution in [3.8, 4) is 0 Å². The Bertz CT molecular complexity index is 97.8. The van der Waals surface area contributed by atoms with E-state index in [1.54, 1.807) is 0 Å². The minimum absolute atomic E-state index is 0.0903. The van der Waals surface area contributed by atoms with Crippen LogP contribution in [0.3, 0.4) is 0 Å². The van der Waals surface area contributed by atoms with Gasteiger partial charge in [0.2, 0.25) is 0 Å². The molecule has 0 bridgehead atoms. The van der Waals surface area contributed by atoms with E-state index in [0.717, 1.165) is 13.1 Å². The monoisotopic (exact) mass is 146 g/mol. The predicted molar refractivity (Wildman–Crippen MR) is 39.4 cm³/mol. The fourth-order valence-corrected chi connectivity index (χ4v) is 1.28. The molecule has 2 nitrogen and oxygen atoms in total. The summed E-state index contributed by atoms with van der Waals surface area (Å²) >= 11 is 0. The van der Waals surface area contributed by atoms with E-state index >= 15 is 0 Å². The van der Waals surface area contributed by atoms with E-state index in [0.29, 0.717) is 12.8 Å². The summed E-state index contributed by atoms with van der Waals surface area (Å²) in [4.78, 5) is 2.11. The number of rotatable bonds is 1. The van der Waals surface area contributed by atoms with E-state index in [1.165, 1.54) is 0 Å². The molecule has 0 aromatic heterocycles. The van der Waals surface area contributed by atoms with Gasteiger partial charge in [-0.05, 0) is 19.8 Å². The molecule has 10 heavy (non-hydrogen) atoms. The number of nitrogens with two attached hydrogens (primary N) is 1. The molecule has 0 saturated carbocycles. The van der Waals surface area contributed by atoms with Crippen LogP contribution in [0.5, 0.6) is 0 Å². The van der Waals surface area contributed by atoms with Crippen molar-refractivity contribution < 1.29 is 4.39 Å². The molecule has 1 rings (SSSR count). The summed E-state index contributed by atoms with van der Waals surface area (Å²) in [5, 5.41) is 0. The van der Waals surface area contributed by atoms with Crippen LogP contribution in [0.2, 0.25) is 0 Å². The minimum atomic E-state index is -0.588. The molecule has 0 spiro atoms. The van der Waals surface area contributed by atoms with E-state index in [-0.39, 0.29) is 6.17 Å². The molecule has 2 N–H and O–H groups in total. The van der Waals surface area contributed by atoms with Gasteiger partial charge in [-0.2, -0.15) is 0 Å². The van der Waals surface area contributed by atoms with Crippen molar-refractivity contribution in [2.75, 3.05) is 13.1 Å². The predicted octanol–water partition coefficient (Wildman–Crippen LogP) is 0.725. The smallest absolute Gasteiger partial charge is 0.103 e. The van der Waals surface area contributed by atoms with Gasteiger partial charge in [-0.15, -0.1) is 0 Å². The average Bonchev–Trinajstić information content (AvgIpc) is 1.88. The van der Waals surface area contributed by atoms with Crippen LogP contribution >= 0.6 is 0 Å². The quantitative estimate of drug-likeness (QED) is 0.590. The first-order valence-electron chi connectivity index (χ1n) is 3.84. The Morgan fingerprint density at radius 2 is 2.00 bits per heavy atom. The molecule has 0 aromatic carbocycles. The molecule has 0 amide bonds. The van der Waals surface area contributed by atoms with Crippen molar-refractivity contribution in [1.29, 1.82) is 0 Å². The number of hydrogen-bond donors (Lipinski definition) is 1. The van der Waals surface area contributed by atoms with Crippen molar-refractivity contribution in [2.45, 2.75) is 32.1 Å². The third kappa shape index (κ3) is 1.92. The lowest BCUT2D eigenvalue weighted by molar-refractivity contribution is 0.120. The second-order valence-corrected chi connectivity index (χ2v) is 2.95. The van der Waals surface area contributed by atoms with E-state index in [9.17, 15) is 4.39 Å². The molecule has 3 heteroatoms. The third-order valence-electron chi connectivity index (χ3n) is 2.04. The lowest BCUT2D eigenvalue weighted by atomic mass is 10.1. The fourth-order valence-electron chi connectivity index (χ4n) is 1.28. The second-order valence-electron chi connectivity index (χ2n) is 2.95. The highest BCUT2D eigenvalue weighted by Crippen LogP contribution is 2.13. The summed E-state index contributed by atoms with van der Waals surface area (Å²) in [5.74, 6) is 0. The maximum absolute atomic E-state index is 12.6. The largest absolute Gasteiger partial charge is 0.316 e. The van der Waals surface area contributed by atoms with Gasteiger partial charge in [-0.3, -0.25) is 4.90 Å². The molecule has 1 aliphatic heterocycles. The first kappa shape index (κ1) is 7.95. The topological polar surface area (TPSA) is 29.3 Å². The molecule has 0 aliphatic carbocycles. The van der Waals surface area contributed by atoms with Crippen molar-refractivity contribution in [2.24, 2.45) is 5.73 Å². The van der Waals surface area contributed by atoms with Crippen LogP contribution in [0.1, 0.15) is 19.8 Å². The van der Waals surface area contributed by atoms with Crippen molar-refractivity contribution in [3.63, 3.8) is 0 Å². The van der Waals surface area contributed by atoms with Gasteiger partial charge in [0.25, 0.3) is 0 Å². The van der Waals surface area contributed by atoms with Crippen LogP contribution < -0.4 is 5.73 Å². The third-order valence-corrected chi connectivity index (χ3v) is 2.04. The Hall–Kier alpha value is -0.150. The van der Waals surface area contributed by atoms with Gasteiger partial charge >= 0.3 is 0 Å². The SMILES string of the molecule is CC(N)N1CCC(F)CC1. The van der Waals surface area contributed by atoms with Crippen molar-refractivity contribution in [3.05, 3.63) is 0 Å². The number of nitrogens with zero attached hydrogens (tertiary/aromatic N) is 1. The Balaban J connectivity index is 2.26. The molecule has 1 heterocycles. The molecule has 1 fully saturated rings. The minimum Gasteiger partial charge on any atom is -0.316 e. The highest BCUT2D eigenvalue weighted by atomic mass is 19.1. The van der Waals surface area contributed by atoms with Gasteiger partial charge < -0.3 is 5.73 Å². The zero-order valence-corrected chi connectivity index (χ0v) is 6.39. The number of piperidine rings is 1. The standard InChI is InChI=1S/C7H15FN2/c1-6(9)10-4-2-7(8)3-5-10/h6-7H,2-5,9H2,1H3. The highest BCUT2D eigenvalue weighted by molar-refractivity contribution is 4.72. The molecule has 60 valence electrons. The maximum Gasteiger partial charge on any atom is 0.103 e. The van der Waals surface area contributed by atoms with Crippen LogP contribution in [0.4, 0.5) is 4.39 Å². The summed E-state index contributed by atoms with van der Waals surface area (Å²) in [5.41, 5.74) is 5.62. The molecular formula is C7H15FN2. The average molecular weight is 146 g/mol. The Morgan fingerprint density at radius 1 is 1.50 bits per heavy atom. The first-order chi connectivity index (χ1) is 4.70. The Morgan fingerprint density at radius 3 is 2.40 bits per heavy atom. The molecule has 1 aliphatic rings. The fraction of sp³-hybridized carbons (Fsp3) is 1.00. The summed E-state index contributed by atoms with van der Waals surface area (Å²) in [7, 11) is 0. The number of likely N-dealkylation sites (tertiary alicyclic amines) is 1. The lowest BCUT2D eigenvalue weighted by Gasteiger charge is -2.31. The highest BCUT2D eigenvalue weighted by Gasteiger charge is 2.19. The molecule has 0 radical (unpaired) electrons. The van der Waals surface area contributed by atoms with Crippen molar-refractivity contribution in [1.82, 2.24) is 4.90 Å².